The van der Waals surface area contributed by atoms with Crippen molar-refractivity contribution in [1.82, 2.24) is 19.9 Å². The van der Waals surface area contributed by atoms with Crippen LogP contribution in [0, 0.1) is 19.7 Å². The second-order valence-electron chi connectivity index (χ2n) is 7.18. The van der Waals surface area contributed by atoms with Crippen LogP contribution < -0.4 is 5.32 Å². The van der Waals surface area contributed by atoms with Gasteiger partial charge >= 0.3 is 0 Å². The molecule has 1 amide bonds. The molecule has 0 saturated carbocycles. The third kappa shape index (κ3) is 4.27. The van der Waals surface area contributed by atoms with Crippen LogP contribution in [0.15, 0.2) is 36.7 Å². The van der Waals surface area contributed by atoms with Gasteiger partial charge in [0.05, 0.1) is 9.88 Å². The van der Waals surface area contributed by atoms with Crippen LogP contribution in [0.4, 0.5) is 10.3 Å². The van der Waals surface area contributed by atoms with Gasteiger partial charge in [0.1, 0.15) is 11.5 Å². The zero-order valence-electron chi connectivity index (χ0n) is 16.4. The summed E-state index contributed by atoms with van der Waals surface area (Å²) in [6.07, 6.45) is 5.39. The Labute approximate surface area is 172 Å². The van der Waals surface area contributed by atoms with Gasteiger partial charge in [0.2, 0.25) is 5.95 Å². The van der Waals surface area contributed by atoms with E-state index < -0.39 is 0 Å². The molecule has 1 fully saturated rings. The molecule has 2 aromatic heterocycles. The molecule has 3 aromatic rings. The van der Waals surface area contributed by atoms with Gasteiger partial charge in [0.15, 0.2) is 0 Å². The van der Waals surface area contributed by atoms with Gasteiger partial charge in [-0.05, 0) is 49.9 Å². The van der Waals surface area contributed by atoms with Gasteiger partial charge in [0.25, 0.3) is 5.91 Å². The number of hydrogen-bond donors (Lipinski definition) is 1. The zero-order chi connectivity index (χ0) is 20.4. The van der Waals surface area contributed by atoms with Crippen LogP contribution in [-0.4, -0.2) is 44.9 Å². The highest BCUT2D eigenvalue weighted by molar-refractivity contribution is 7.15. The van der Waals surface area contributed by atoms with Crippen LogP contribution in [0.3, 0.4) is 0 Å². The molecule has 4 rings (SSSR count). The van der Waals surface area contributed by atoms with Crippen molar-refractivity contribution in [2.24, 2.45) is 0 Å². The lowest BCUT2D eigenvalue weighted by molar-refractivity contribution is 0.0739. The number of hydrogen-bond acceptors (Lipinski definition) is 6. The van der Waals surface area contributed by atoms with E-state index in [2.05, 4.69) is 20.3 Å². The van der Waals surface area contributed by atoms with E-state index in [1.807, 2.05) is 18.7 Å². The number of aryl methyl sites for hydroxylation is 2. The van der Waals surface area contributed by atoms with Crippen LogP contribution in [0.25, 0.3) is 10.4 Å². The monoisotopic (exact) mass is 411 g/mol. The van der Waals surface area contributed by atoms with Crippen molar-refractivity contribution in [2.45, 2.75) is 32.7 Å². The first-order chi connectivity index (χ1) is 14.0. The van der Waals surface area contributed by atoms with Crippen molar-refractivity contribution in [3.8, 4) is 10.4 Å². The minimum absolute atomic E-state index is 0.0514. The Morgan fingerprint density at radius 1 is 1.24 bits per heavy atom. The molecule has 3 heterocycles. The number of aromatic nitrogens is 3. The van der Waals surface area contributed by atoms with Gasteiger partial charge in [-0.2, -0.15) is 0 Å². The van der Waals surface area contributed by atoms with Crippen LogP contribution in [-0.2, 0) is 0 Å². The molecular formula is C21H22FN5OS. The van der Waals surface area contributed by atoms with E-state index in [9.17, 15) is 9.18 Å². The molecular weight excluding hydrogens is 389 g/mol. The van der Waals surface area contributed by atoms with Gasteiger partial charge < -0.3 is 10.2 Å². The number of anilines is 1. The lowest BCUT2D eigenvalue weighted by Crippen LogP contribution is -2.40. The highest BCUT2D eigenvalue weighted by Crippen LogP contribution is 2.32. The summed E-state index contributed by atoms with van der Waals surface area (Å²) in [4.78, 5) is 29.0. The summed E-state index contributed by atoms with van der Waals surface area (Å²) in [6, 6.07) is 6.25. The van der Waals surface area contributed by atoms with Crippen molar-refractivity contribution in [3.05, 3.63) is 58.7 Å². The largest absolute Gasteiger partial charge is 0.352 e. The molecule has 0 bridgehead atoms. The van der Waals surface area contributed by atoms with E-state index in [1.165, 1.54) is 23.5 Å². The second-order valence-corrected chi connectivity index (χ2v) is 8.38. The standard InChI is InChI=1S/C21H22FN5OS/c1-13-10-23-21(24-11-13)25-12-17-4-3-9-27(17)20(28)18-19(29-14(2)26-18)15-5-7-16(22)8-6-15/h5-8,10-11,17H,3-4,9,12H2,1-2H3,(H,23,24,25). The maximum absolute atomic E-state index is 13.3. The number of nitrogens with zero attached hydrogens (tertiary/aromatic N) is 4. The number of carbonyl (C=O) groups excluding carboxylic acids is 1. The summed E-state index contributed by atoms with van der Waals surface area (Å²) in [5.41, 5.74) is 2.25. The molecule has 1 saturated heterocycles. The normalized spacial score (nSPS) is 16.2. The highest BCUT2D eigenvalue weighted by atomic mass is 32.1. The maximum atomic E-state index is 13.3. The minimum Gasteiger partial charge on any atom is -0.352 e. The molecule has 0 spiro atoms. The number of amides is 1. The summed E-state index contributed by atoms with van der Waals surface area (Å²) in [7, 11) is 0. The van der Waals surface area contributed by atoms with Gasteiger partial charge in [-0.25, -0.2) is 19.3 Å². The average Bonchev–Trinajstić information content (AvgIpc) is 3.34. The fourth-order valence-corrected chi connectivity index (χ4v) is 4.43. The third-order valence-electron chi connectivity index (χ3n) is 4.96. The smallest absolute Gasteiger partial charge is 0.274 e. The molecule has 29 heavy (non-hydrogen) atoms. The third-order valence-corrected chi connectivity index (χ3v) is 5.98. The van der Waals surface area contributed by atoms with E-state index in [0.717, 1.165) is 33.9 Å². The Bertz CT molecular complexity index is 1000. The fraction of sp³-hybridized carbons (Fsp3) is 0.333. The first kappa shape index (κ1) is 19.4. The number of nitrogens with one attached hydrogen (secondary N) is 1. The van der Waals surface area contributed by atoms with Gasteiger partial charge in [-0.3, -0.25) is 4.79 Å². The molecule has 8 heteroatoms. The van der Waals surface area contributed by atoms with Crippen LogP contribution >= 0.6 is 11.3 Å². The average molecular weight is 412 g/mol. The summed E-state index contributed by atoms with van der Waals surface area (Å²) >= 11 is 1.46. The van der Waals surface area contributed by atoms with Crippen molar-refractivity contribution >= 4 is 23.2 Å². The SMILES string of the molecule is Cc1cnc(NCC2CCCN2C(=O)c2nc(C)sc2-c2ccc(F)cc2)nc1. The predicted molar refractivity (Wildman–Crippen MR) is 112 cm³/mol. The summed E-state index contributed by atoms with van der Waals surface area (Å²) in [6.45, 7) is 5.10. The Morgan fingerprint density at radius 2 is 1.97 bits per heavy atom. The number of carbonyl (C=O) groups is 1. The predicted octanol–water partition coefficient (Wildman–Crippen LogP) is 4.07. The van der Waals surface area contributed by atoms with Crippen LogP contribution in [0.1, 0.15) is 33.9 Å². The van der Waals surface area contributed by atoms with Gasteiger partial charge in [0, 0.05) is 31.5 Å². The van der Waals surface area contributed by atoms with Crippen molar-refractivity contribution in [2.75, 3.05) is 18.4 Å². The Kier molecular flexibility index (Phi) is 5.53. The first-order valence-corrected chi connectivity index (χ1v) is 10.4. The Morgan fingerprint density at radius 3 is 2.69 bits per heavy atom. The van der Waals surface area contributed by atoms with Crippen molar-refractivity contribution in [1.29, 1.82) is 0 Å². The van der Waals surface area contributed by atoms with Gasteiger partial charge in [-0.1, -0.05) is 12.1 Å². The molecule has 6 nitrogen and oxygen atoms in total. The quantitative estimate of drug-likeness (QED) is 0.685. The number of likely N-dealkylation sites (tertiary alicyclic amines) is 1. The molecule has 1 aliphatic heterocycles. The Balaban J connectivity index is 1.52. The highest BCUT2D eigenvalue weighted by Gasteiger charge is 2.32. The lowest BCUT2D eigenvalue weighted by Gasteiger charge is -2.24. The van der Waals surface area contributed by atoms with E-state index >= 15 is 0 Å². The van der Waals surface area contributed by atoms with E-state index in [4.69, 9.17) is 0 Å². The van der Waals surface area contributed by atoms with E-state index in [1.54, 1.807) is 24.5 Å². The Hall–Kier alpha value is -2.87. The molecule has 150 valence electrons. The summed E-state index contributed by atoms with van der Waals surface area (Å²) in [5, 5.41) is 4.05. The summed E-state index contributed by atoms with van der Waals surface area (Å²) in [5.74, 6) is 0.182. The van der Waals surface area contributed by atoms with E-state index in [-0.39, 0.29) is 17.8 Å². The number of benzene rings is 1. The molecule has 1 aromatic carbocycles. The topological polar surface area (TPSA) is 71.0 Å². The maximum Gasteiger partial charge on any atom is 0.274 e. The number of rotatable bonds is 5. The van der Waals surface area contributed by atoms with Gasteiger partial charge in [-0.15, -0.1) is 11.3 Å². The molecule has 1 N–H and O–H groups in total. The van der Waals surface area contributed by atoms with Crippen molar-refractivity contribution in [3.63, 3.8) is 0 Å². The van der Waals surface area contributed by atoms with Crippen LogP contribution in [0.2, 0.25) is 0 Å². The zero-order valence-corrected chi connectivity index (χ0v) is 17.2. The van der Waals surface area contributed by atoms with Crippen molar-refractivity contribution < 1.29 is 9.18 Å². The minimum atomic E-state index is -0.299. The number of thiazole rings is 1. The summed E-state index contributed by atoms with van der Waals surface area (Å²) < 4.78 is 13.3. The molecule has 0 radical (unpaired) electrons. The molecule has 1 unspecified atom stereocenters. The first-order valence-electron chi connectivity index (χ1n) is 9.58. The molecule has 1 aliphatic rings. The lowest BCUT2D eigenvalue weighted by atomic mass is 10.1. The fourth-order valence-electron chi connectivity index (χ4n) is 3.51. The molecule has 0 aliphatic carbocycles. The molecule has 1 atom stereocenters. The van der Waals surface area contributed by atoms with E-state index in [0.29, 0.717) is 24.7 Å². The second kappa shape index (κ2) is 8.24. The van der Waals surface area contributed by atoms with Crippen LogP contribution in [0.5, 0.6) is 0 Å². The number of halogens is 1.